The first-order valence-corrected chi connectivity index (χ1v) is 6.85. The number of carbonyl (C=O) groups is 1. The van der Waals surface area contributed by atoms with Crippen molar-refractivity contribution >= 4 is 39.2 Å². The molecule has 1 heterocycles. The number of benzene rings is 1. The average molecular weight is 341 g/mol. The molecule has 1 atom stereocenters. The summed E-state index contributed by atoms with van der Waals surface area (Å²) in [4.78, 5) is 12.0. The highest BCUT2D eigenvalue weighted by Crippen LogP contribution is 2.31. The third-order valence-corrected chi connectivity index (χ3v) is 3.83. The quantitative estimate of drug-likeness (QED) is 0.639. The molecule has 1 aliphatic heterocycles. The number of methoxy groups -OCH3 is 1. The van der Waals surface area contributed by atoms with Crippen molar-refractivity contribution < 1.29 is 9.53 Å². The lowest BCUT2D eigenvalue weighted by Crippen LogP contribution is -2.45. The minimum absolute atomic E-state index is 0.322. The van der Waals surface area contributed by atoms with Crippen LogP contribution in [0.25, 0.3) is 0 Å². The predicted molar refractivity (Wildman–Crippen MR) is 80.5 cm³/mol. The number of rotatable bonds is 2. The molecule has 4 nitrogen and oxygen atoms in total. The van der Waals surface area contributed by atoms with Gasteiger partial charge in [-0.3, -0.25) is 0 Å². The molecule has 0 fully saturated rings. The van der Waals surface area contributed by atoms with Crippen molar-refractivity contribution in [3.8, 4) is 0 Å². The molecule has 2 rings (SSSR count). The van der Waals surface area contributed by atoms with Gasteiger partial charge in [-0.25, -0.2) is 4.79 Å². The molecule has 0 unspecified atom stereocenters. The molecule has 1 aliphatic rings. The SMILES string of the molecule is COC(=O)C1=C(C)NC(=S)N[C@H]1c1ccccc1Br. The van der Waals surface area contributed by atoms with Gasteiger partial charge in [0.1, 0.15) is 0 Å². The fraction of sp³-hybridized carbons (Fsp3) is 0.231. The summed E-state index contributed by atoms with van der Waals surface area (Å²) in [7, 11) is 1.37. The summed E-state index contributed by atoms with van der Waals surface area (Å²) in [6.07, 6.45) is 0. The van der Waals surface area contributed by atoms with Crippen molar-refractivity contribution in [2.75, 3.05) is 7.11 Å². The molecule has 0 aromatic heterocycles. The van der Waals surface area contributed by atoms with E-state index in [4.69, 9.17) is 17.0 Å². The fourth-order valence-electron chi connectivity index (χ4n) is 2.02. The summed E-state index contributed by atoms with van der Waals surface area (Å²) in [5.41, 5.74) is 2.17. The molecule has 0 radical (unpaired) electrons. The van der Waals surface area contributed by atoms with E-state index in [-0.39, 0.29) is 12.0 Å². The lowest BCUT2D eigenvalue weighted by molar-refractivity contribution is -0.136. The van der Waals surface area contributed by atoms with Crippen LogP contribution in [0, 0.1) is 0 Å². The second-order valence-electron chi connectivity index (χ2n) is 4.08. The van der Waals surface area contributed by atoms with Gasteiger partial charge >= 0.3 is 5.97 Å². The summed E-state index contributed by atoms with van der Waals surface area (Å²) in [5, 5.41) is 6.54. The lowest BCUT2D eigenvalue weighted by atomic mass is 9.96. The monoisotopic (exact) mass is 340 g/mol. The Labute approximate surface area is 125 Å². The minimum atomic E-state index is -0.374. The molecule has 19 heavy (non-hydrogen) atoms. The number of halogens is 1. The van der Waals surface area contributed by atoms with Crippen molar-refractivity contribution in [3.63, 3.8) is 0 Å². The highest BCUT2D eigenvalue weighted by atomic mass is 79.9. The van der Waals surface area contributed by atoms with Crippen LogP contribution in [0.4, 0.5) is 0 Å². The molecular weight excluding hydrogens is 328 g/mol. The molecule has 0 aliphatic carbocycles. The van der Waals surface area contributed by atoms with E-state index >= 15 is 0 Å². The third-order valence-electron chi connectivity index (χ3n) is 2.89. The molecule has 1 aromatic rings. The Hall–Kier alpha value is -1.40. The summed E-state index contributed by atoms with van der Waals surface area (Å²) < 4.78 is 5.76. The van der Waals surface area contributed by atoms with E-state index in [0.717, 1.165) is 10.0 Å². The molecule has 0 bridgehead atoms. The van der Waals surface area contributed by atoms with E-state index < -0.39 is 0 Å². The summed E-state index contributed by atoms with van der Waals surface area (Å²) in [6, 6.07) is 7.37. The van der Waals surface area contributed by atoms with E-state index in [9.17, 15) is 4.79 Å². The Morgan fingerprint density at radius 1 is 1.42 bits per heavy atom. The maximum absolute atomic E-state index is 12.0. The Morgan fingerprint density at radius 2 is 2.11 bits per heavy atom. The highest BCUT2D eigenvalue weighted by Gasteiger charge is 2.31. The smallest absolute Gasteiger partial charge is 0.337 e. The van der Waals surface area contributed by atoms with E-state index in [1.807, 2.05) is 31.2 Å². The van der Waals surface area contributed by atoms with Crippen LogP contribution in [0.2, 0.25) is 0 Å². The number of allylic oxidation sites excluding steroid dienone is 1. The molecule has 6 heteroatoms. The largest absolute Gasteiger partial charge is 0.466 e. The molecule has 1 aromatic carbocycles. The van der Waals surface area contributed by atoms with Crippen LogP contribution in [-0.2, 0) is 9.53 Å². The second-order valence-corrected chi connectivity index (χ2v) is 5.35. The van der Waals surface area contributed by atoms with Gasteiger partial charge in [-0.2, -0.15) is 0 Å². The van der Waals surface area contributed by atoms with Gasteiger partial charge in [0.25, 0.3) is 0 Å². The van der Waals surface area contributed by atoms with Crippen LogP contribution in [0.5, 0.6) is 0 Å². The second kappa shape index (κ2) is 5.71. The fourth-order valence-corrected chi connectivity index (χ4v) is 2.80. The zero-order chi connectivity index (χ0) is 14.0. The minimum Gasteiger partial charge on any atom is -0.466 e. The van der Waals surface area contributed by atoms with Crippen molar-refractivity contribution in [3.05, 3.63) is 45.6 Å². The third kappa shape index (κ3) is 2.79. The molecule has 0 spiro atoms. The van der Waals surface area contributed by atoms with Crippen LogP contribution in [-0.4, -0.2) is 18.2 Å². The Balaban J connectivity index is 2.53. The van der Waals surface area contributed by atoms with Crippen LogP contribution < -0.4 is 10.6 Å². The first kappa shape index (κ1) is 14.0. The molecule has 2 N–H and O–H groups in total. The van der Waals surface area contributed by atoms with Crippen LogP contribution in [0.15, 0.2) is 40.0 Å². The zero-order valence-electron chi connectivity index (χ0n) is 10.5. The van der Waals surface area contributed by atoms with E-state index in [2.05, 4.69) is 26.6 Å². The number of thiocarbonyl (C=S) groups is 1. The number of esters is 1. The van der Waals surface area contributed by atoms with Gasteiger partial charge in [0, 0.05) is 10.2 Å². The maximum atomic E-state index is 12.0. The highest BCUT2D eigenvalue weighted by molar-refractivity contribution is 9.10. The molecule has 0 saturated carbocycles. The Bertz CT molecular complexity index is 572. The van der Waals surface area contributed by atoms with Crippen LogP contribution in [0.3, 0.4) is 0 Å². The summed E-state index contributed by atoms with van der Waals surface area (Å²) >= 11 is 8.65. The molecule has 0 saturated heterocycles. The van der Waals surface area contributed by atoms with Crippen molar-refractivity contribution in [1.29, 1.82) is 0 Å². The van der Waals surface area contributed by atoms with E-state index in [1.54, 1.807) is 0 Å². The predicted octanol–water partition coefficient (Wildman–Crippen LogP) is 2.41. The Morgan fingerprint density at radius 3 is 2.74 bits per heavy atom. The topological polar surface area (TPSA) is 50.4 Å². The van der Waals surface area contributed by atoms with Gasteiger partial charge in [0.2, 0.25) is 0 Å². The first-order valence-electron chi connectivity index (χ1n) is 5.65. The van der Waals surface area contributed by atoms with Gasteiger partial charge in [0.05, 0.1) is 18.7 Å². The van der Waals surface area contributed by atoms with Gasteiger partial charge in [-0.15, -0.1) is 0 Å². The Kier molecular flexibility index (Phi) is 4.21. The van der Waals surface area contributed by atoms with Crippen molar-refractivity contribution in [2.45, 2.75) is 13.0 Å². The number of hydrogen-bond donors (Lipinski definition) is 2. The van der Waals surface area contributed by atoms with Gasteiger partial charge in [0.15, 0.2) is 5.11 Å². The zero-order valence-corrected chi connectivity index (χ0v) is 12.9. The normalized spacial score (nSPS) is 18.7. The van der Waals surface area contributed by atoms with Gasteiger partial charge < -0.3 is 15.4 Å². The van der Waals surface area contributed by atoms with Crippen LogP contribution in [0.1, 0.15) is 18.5 Å². The van der Waals surface area contributed by atoms with Gasteiger partial charge in [-0.05, 0) is 30.8 Å². The standard InChI is InChI=1S/C13H13BrN2O2S/c1-7-10(12(17)18-2)11(16-13(19)15-7)8-5-3-4-6-9(8)14/h3-6,11H,1-2H3,(H2,15,16,19)/t11-/m0/s1. The molecular formula is C13H13BrN2O2S. The average Bonchev–Trinajstić information content (AvgIpc) is 2.37. The number of ether oxygens (including phenoxy) is 1. The van der Waals surface area contributed by atoms with Crippen molar-refractivity contribution in [1.82, 2.24) is 10.6 Å². The lowest BCUT2D eigenvalue weighted by Gasteiger charge is -2.30. The van der Waals surface area contributed by atoms with Crippen LogP contribution >= 0.6 is 28.1 Å². The molecule has 0 amide bonds. The first-order chi connectivity index (χ1) is 9.04. The number of hydrogen-bond acceptors (Lipinski definition) is 3. The maximum Gasteiger partial charge on any atom is 0.337 e. The van der Waals surface area contributed by atoms with Gasteiger partial charge in [-0.1, -0.05) is 34.1 Å². The van der Waals surface area contributed by atoms with Crippen molar-refractivity contribution in [2.24, 2.45) is 0 Å². The number of carbonyl (C=O) groups excluding carboxylic acids is 1. The molecule has 100 valence electrons. The summed E-state index contributed by atoms with van der Waals surface area (Å²) in [6.45, 7) is 1.81. The number of nitrogens with one attached hydrogen (secondary N) is 2. The van der Waals surface area contributed by atoms with E-state index in [0.29, 0.717) is 16.4 Å². The summed E-state index contributed by atoms with van der Waals surface area (Å²) in [5.74, 6) is -0.374. The van der Waals surface area contributed by atoms with E-state index in [1.165, 1.54) is 7.11 Å².